The number of carbonyl (C=O) groups excluding carboxylic acids is 1. The van der Waals surface area contributed by atoms with Crippen LogP contribution in [0.3, 0.4) is 0 Å². The van der Waals surface area contributed by atoms with E-state index < -0.39 is 0 Å². The van der Waals surface area contributed by atoms with Gasteiger partial charge in [0.15, 0.2) is 5.01 Å². The fraction of sp³-hybridized carbons (Fsp3) is 0.300. The van der Waals surface area contributed by atoms with Crippen LogP contribution in [0.25, 0.3) is 21.6 Å². The number of amides is 1. The Hall–Kier alpha value is -2.58. The van der Waals surface area contributed by atoms with E-state index in [9.17, 15) is 4.79 Å². The molecule has 3 aromatic heterocycles. The molecule has 0 bridgehead atoms. The van der Waals surface area contributed by atoms with Gasteiger partial charge in [0.1, 0.15) is 0 Å². The van der Waals surface area contributed by atoms with Crippen molar-refractivity contribution in [1.82, 2.24) is 20.0 Å². The monoisotopic (exact) mass is 410 g/mol. The number of para-hydroxylation sites is 1. The summed E-state index contributed by atoms with van der Waals surface area (Å²) in [6, 6.07) is 9.85. The van der Waals surface area contributed by atoms with Crippen LogP contribution in [0.5, 0.6) is 0 Å². The van der Waals surface area contributed by atoms with Gasteiger partial charge in [-0.3, -0.25) is 4.79 Å². The summed E-state index contributed by atoms with van der Waals surface area (Å²) < 4.78 is 6.49. The molecule has 0 radical (unpaired) electrons. The Balaban J connectivity index is 1.27. The molecule has 4 heterocycles. The Morgan fingerprint density at radius 2 is 2.18 bits per heavy atom. The lowest BCUT2D eigenvalue weighted by molar-refractivity contribution is 0.0668. The van der Waals surface area contributed by atoms with E-state index in [1.807, 2.05) is 46.0 Å². The predicted octanol–water partition coefficient (Wildman–Crippen LogP) is 4.50. The maximum absolute atomic E-state index is 13.0. The van der Waals surface area contributed by atoms with Crippen LogP contribution < -0.4 is 0 Å². The van der Waals surface area contributed by atoms with Crippen LogP contribution in [-0.4, -0.2) is 39.0 Å². The summed E-state index contributed by atoms with van der Waals surface area (Å²) >= 11 is 3.08. The number of hydrogen-bond donors (Lipinski definition) is 0. The lowest BCUT2D eigenvalue weighted by Crippen LogP contribution is -2.40. The summed E-state index contributed by atoms with van der Waals surface area (Å²) in [5.74, 6) is 1.62. The number of benzene rings is 1. The number of fused-ring (bicyclic) bond motifs is 1. The van der Waals surface area contributed by atoms with Crippen LogP contribution in [0, 0.1) is 5.92 Å². The Morgan fingerprint density at radius 1 is 1.25 bits per heavy atom. The minimum absolute atomic E-state index is 0.0235. The molecule has 1 aliphatic heterocycles. The lowest BCUT2D eigenvalue weighted by atomic mass is 9.94. The second kappa shape index (κ2) is 7.44. The molecule has 0 N–H and O–H groups in total. The van der Waals surface area contributed by atoms with E-state index in [4.69, 9.17) is 4.52 Å². The molecule has 1 unspecified atom stereocenters. The lowest BCUT2D eigenvalue weighted by Gasteiger charge is -2.31. The summed E-state index contributed by atoms with van der Waals surface area (Å²) in [6.07, 6.45) is 2.73. The minimum Gasteiger partial charge on any atom is -0.339 e. The van der Waals surface area contributed by atoms with Crippen molar-refractivity contribution in [2.75, 3.05) is 13.1 Å². The average Bonchev–Trinajstić information content (AvgIpc) is 3.47. The van der Waals surface area contributed by atoms with Gasteiger partial charge in [-0.1, -0.05) is 17.3 Å². The molecule has 1 aromatic carbocycles. The summed E-state index contributed by atoms with van der Waals surface area (Å²) in [5.41, 5.74) is 1.87. The van der Waals surface area contributed by atoms with Crippen molar-refractivity contribution in [1.29, 1.82) is 0 Å². The third-order valence-electron chi connectivity index (χ3n) is 4.99. The first-order chi connectivity index (χ1) is 13.8. The molecule has 6 nitrogen and oxygen atoms in total. The molecular formula is C20H18N4O2S2. The second-order valence-electron chi connectivity index (χ2n) is 6.97. The zero-order valence-electron chi connectivity index (χ0n) is 15.1. The number of nitrogens with zero attached hydrogens (tertiary/aromatic N) is 4. The molecule has 1 atom stereocenters. The van der Waals surface area contributed by atoms with Gasteiger partial charge < -0.3 is 9.42 Å². The van der Waals surface area contributed by atoms with Crippen molar-refractivity contribution in [2.24, 2.45) is 5.92 Å². The fourth-order valence-electron chi connectivity index (χ4n) is 3.61. The Labute approximate surface area is 169 Å². The molecule has 1 fully saturated rings. The van der Waals surface area contributed by atoms with Crippen molar-refractivity contribution in [3.63, 3.8) is 0 Å². The molecule has 1 saturated heterocycles. The van der Waals surface area contributed by atoms with Crippen molar-refractivity contribution < 1.29 is 9.32 Å². The highest BCUT2D eigenvalue weighted by Crippen LogP contribution is 2.27. The Kier molecular flexibility index (Phi) is 4.66. The number of hydrogen-bond acceptors (Lipinski definition) is 7. The van der Waals surface area contributed by atoms with Gasteiger partial charge in [-0.2, -0.15) is 16.3 Å². The van der Waals surface area contributed by atoms with E-state index >= 15 is 0 Å². The molecule has 8 heteroatoms. The normalized spacial score (nSPS) is 17.3. The van der Waals surface area contributed by atoms with Crippen molar-refractivity contribution in [3.8, 4) is 11.4 Å². The zero-order valence-corrected chi connectivity index (χ0v) is 16.7. The molecule has 0 spiro atoms. The fourth-order valence-corrected chi connectivity index (χ4v) is 5.18. The molecule has 5 rings (SSSR count). The van der Waals surface area contributed by atoms with Gasteiger partial charge in [-0.25, -0.2) is 4.98 Å². The van der Waals surface area contributed by atoms with E-state index in [1.54, 1.807) is 11.3 Å². The number of thiazole rings is 1. The van der Waals surface area contributed by atoms with Crippen LogP contribution in [0.15, 0.2) is 45.6 Å². The number of carbonyl (C=O) groups is 1. The van der Waals surface area contributed by atoms with Gasteiger partial charge in [0, 0.05) is 30.5 Å². The zero-order chi connectivity index (χ0) is 18.9. The van der Waals surface area contributed by atoms with Crippen LogP contribution in [0.2, 0.25) is 0 Å². The quantitative estimate of drug-likeness (QED) is 0.495. The third kappa shape index (κ3) is 3.45. The molecule has 4 aromatic rings. The minimum atomic E-state index is 0.0235. The van der Waals surface area contributed by atoms with Crippen molar-refractivity contribution in [3.05, 3.63) is 52.0 Å². The van der Waals surface area contributed by atoms with Gasteiger partial charge in [0.2, 0.25) is 11.7 Å². The molecule has 1 aliphatic rings. The predicted molar refractivity (Wildman–Crippen MR) is 110 cm³/mol. The van der Waals surface area contributed by atoms with Crippen LogP contribution in [0.4, 0.5) is 0 Å². The van der Waals surface area contributed by atoms with Gasteiger partial charge in [-0.15, -0.1) is 11.3 Å². The van der Waals surface area contributed by atoms with E-state index in [-0.39, 0.29) is 5.91 Å². The summed E-state index contributed by atoms with van der Waals surface area (Å²) in [4.78, 5) is 23.9. The molecule has 0 aliphatic carbocycles. The highest BCUT2D eigenvalue weighted by atomic mass is 32.1. The summed E-state index contributed by atoms with van der Waals surface area (Å²) in [5, 5.41) is 8.66. The van der Waals surface area contributed by atoms with Gasteiger partial charge >= 0.3 is 0 Å². The maximum atomic E-state index is 13.0. The van der Waals surface area contributed by atoms with Gasteiger partial charge in [0.05, 0.1) is 10.2 Å². The van der Waals surface area contributed by atoms with E-state index in [0.717, 1.165) is 35.2 Å². The highest BCUT2D eigenvalue weighted by molar-refractivity contribution is 7.20. The number of aromatic nitrogens is 3. The number of likely N-dealkylation sites (tertiary alicyclic amines) is 1. The van der Waals surface area contributed by atoms with E-state index in [0.29, 0.717) is 35.6 Å². The third-order valence-corrected chi connectivity index (χ3v) is 6.70. The molecule has 28 heavy (non-hydrogen) atoms. The number of piperidine rings is 1. The topological polar surface area (TPSA) is 72.1 Å². The SMILES string of the molecule is O=C(c1nc2ccccc2s1)N1CCCC(Cc2nc(-c3ccsc3)no2)C1. The standard InChI is InChI=1S/C20H18N4O2S2/c25-20(19-21-15-5-1-2-6-16(15)28-19)24-8-3-4-13(11-24)10-17-22-18(23-26-17)14-7-9-27-12-14/h1-2,5-7,9,12-13H,3-4,8,10-11H2. The van der Waals surface area contributed by atoms with Gasteiger partial charge in [0.25, 0.3) is 5.91 Å². The van der Waals surface area contributed by atoms with E-state index in [1.165, 1.54) is 11.3 Å². The van der Waals surface area contributed by atoms with Gasteiger partial charge in [-0.05, 0) is 42.3 Å². The van der Waals surface area contributed by atoms with Crippen LogP contribution in [-0.2, 0) is 6.42 Å². The second-order valence-corrected chi connectivity index (χ2v) is 8.78. The Morgan fingerprint density at radius 3 is 3.04 bits per heavy atom. The number of rotatable bonds is 4. The molecule has 1 amide bonds. The molecule has 142 valence electrons. The van der Waals surface area contributed by atoms with Crippen LogP contribution >= 0.6 is 22.7 Å². The first kappa shape index (κ1) is 17.5. The highest BCUT2D eigenvalue weighted by Gasteiger charge is 2.27. The number of thiophene rings is 1. The maximum Gasteiger partial charge on any atom is 0.282 e. The Bertz CT molecular complexity index is 1070. The van der Waals surface area contributed by atoms with Crippen molar-refractivity contribution >= 4 is 38.8 Å². The van der Waals surface area contributed by atoms with Crippen LogP contribution in [0.1, 0.15) is 28.5 Å². The first-order valence-corrected chi connectivity index (χ1v) is 11.0. The largest absolute Gasteiger partial charge is 0.339 e. The average molecular weight is 411 g/mol. The summed E-state index contributed by atoms with van der Waals surface area (Å²) in [7, 11) is 0. The first-order valence-electron chi connectivity index (χ1n) is 9.26. The van der Waals surface area contributed by atoms with E-state index in [2.05, 4.69) is 15.1 Å². The smallest absolute Gasteiger partial charge is 0.282 e. The van der Waals surface area contributed by atoms with Crippen molar-refractivity contribution in [2.45, 2.75) is 19.3 Å². The summed E-state index contributed by atoms with van der Waals surface area (Å²) in [6.45, 7) is 1.47. The molecule has 0 saturated carbocycles. The molecular weight excluding hydrogens is 392 g/mol.